The van der Waals surface area contributed by atoms with Crippen molar-refractivity contribution in [2.24, 2.45) is 0 Å². The average molecular weight is 344 g/mol. The Morgan fingerprint density at radius 3 is 2.61 bits per heavy atom. The summed E-state index contributed by atoms with van der Waals surface area (Å²) in [6.45, 7) is 4.00. The zero-order valence-electron chi connectivity index (χ0n) is 13.0. The maximum absolute atomic E-state index is 12.1. The molecule has 1 N–H and O–H groups in total. The third-order valence-electron chi connectivity index (χ3n) is 3.83. The number of carbonyl (C=O) groups excluding carboxylic acids is 1. The predicted molar refractivity (Wildman–Crippen MR) is 97.8 cm³/mol. The third-order valence-corrected chi connectivity index (χ3v) is 5.32. The van der Waals surface area contributed by atoms with Gasteiger partial charge in [0.2, 0.25) is 0 Å². The van der Waals surface area contributed by atoms with Crippen molar-refractivity contribution in [1.82, 2.24) is 9.47 Å². The molecule has 2 aromatic rings. The zero-order chi connectivity index (χ0) is 16.7. The van der Waals surface area contributed by atoms with Crippen molar-refractivity contribution >= 4 is 40.3 Å². The lowest BCUT2D eigenvalue weighted by molar-refractivity contribution is -0.121. The SMILES string of the molecule is Cc1cc(/C=C2/SC(=S)N(C)C2=O)c(C)n1-c1cccc(O)c1. The van der Waals surface area contributed by atoms with Crippen molar-refractivity contribution in [3.63, 3.8) is 0 Å². The van der Waals surface area contributed by atoms with E-state index in [1.54, 1.807) is 19.2 Å². The van der Waals surface area contributed by atoms with E-state index in [-0.39, 0.29) is 11.7 Å². The summed E-state index contributed by atoms with van der Waals surface area (Å²) in [5.74, 6) is 0.158. The molecule has 1 aliphatic heterocycles. The minimum atomic E-state index is -0.0674. The molecule has 3 rings (SSSR count). The maximum atomic E-state index is 12.1. The predicted octanol–water partition coefficient (Wildman–Crippen LogP) is 3.63. The molecule has 0 spiro atoms. The molecule has 1 amide bonds. The van der Waals surface area contributed by atoms with Crippen molar-refractivity contribution < 1.29 is 9.90 Å². The summed E-state index contributed by atoms with van der Waals surface area (Å²) in [4.78, 5) is 14.3. The van der Waals surface area contributed by atoms with Gasteiger partial charge in [0, 0.05) is 30.2 Å². The second-order valence-corrected chi connectivity index (χ2v) is 7.10. The van der Waals surface area contributed by atoms with E-state index in [4.69, 9.17) is 12.2 Å². The molecule has 1 aromatic heterocycles. The van der Waals surface area contributed by atoms with Crippen LogP contribution in [0, 0.1) is 13.8 Å². The van der Waals surface area contributed by atoms with Crippen molar-refractivity contribution in [3.8, 4) is 11.4 Å². The van der Waals surface area contributed by atoms with Crippen LogP contribution in [0.4, 0.5) is 0 Å². The van der Waals surface area contributed by atoms with E-state index in [1.165, 1.54) is 16.7 Å². The van der Waals surface area contributed by atoms with Crippen LogP contribution in [0.5, 0.6) is 5.75 Å². The highest BCUT2D eigenvalue weighted by atomic mass is 32.2. The monoisotopic (exact) mass is 344 g/mol. The van der Waals surface area contributed by atoms with Crippen molar-refractivity contribution in [3.05, 3.63) is 52.2 Å². The first-order chi connectivity index (χ1) is 10.9. The first-order valence-electron chi connectivity index (χ1n) is 7.08. The summed E-state index contributed by atoms with van der Waals surface area (Å²) in [6, 6.07) is 9.14. The number of likely N-dealkylation sites (N-methyl/N-ethyl adjacent to an activating group) is 1. The Morgan fingerprint density at radius 1 is 1.26 bits per heavy atom. The number of benzene rings is 1. The van der Waals surface area contributed by atoms with Crippen molar-refractivity contribution in [1.29, 1.82) is 0 Å². The minimum absolute atomic E-state index is 0.0674. The largest absolute Gasteiger partial charge is 0.508 e. The molecule has 0 saturated carbocycles. The second-order valence-electron chi connectivity index (χ2n) is 5.42. The molecule has 1 aliphatic rings. The van der Waals surface area contributed by atoms with Crippen LogP contribution in [0.25, 0.3) is 11.8 Å². The van der Waals surface area contributed by atoms with E-state index in [9.17, 15) is 9.90 Å². The first-order valence-corrected chi connectivity index (χ1v) is 8.31. The number of aromatic nitrogens is 1. The van der Waals surface area contributed by atoms with E-state index in [0.717, 1.165) is 22.6 Å². The molecule has 1 fully saturated rings. The Labute approximate surface area is 144 Å². The summed E-state index contributed by atoms with van der Waals surface area (Å²) in [6.07, 6.45) is 1.88. The molecule has 2 heterocycles. The number of phenolic OH excluding ortho intramolecular Hbond substituents is 1. The minimum Gasteiger partial charge on any atom is -0.508 e. The van der Waals surface area contributed by atoms with Gasteiger partial charge in [-0.3, -0.25) is 9.69 Å². The van der Waals surface area contributed by atoms with Gasteiger partial charge in [0.1, 0.15) is 10.1 Å². The topological polar surface area (TPSA) is 45.5 Å². The van der Waals surface area contributed by atoms with Crippen LogP contribution in [0.2, 0.25) is 0 Å². The number of amides is 1. The van der Waals surface area contributed by atoms with Crippen LogP contribution >= 0.6 is 24.0 Å². The van der Waals surface area contributed by atoms with Gasteiger partial charge in [0.05, 0.1) is 4.91 Å². The molecule has 0 atom stereocenters. The van der Waals surface area contributed by atoms with Gasteiger partial charge in [-0.05, 0) is 43.7 Å². The lowest BCUT2D eigenvalue weighted by Gasteiger charge is -2.10. The van der Waals surface area contributed by atoms with E-state index < -0.39 is 0 Å². The Morgan fingerprint density at radius 2 is 2.00 bits per heavy atom. The van der Waals surface area contributed by atoms with Gasteiger partial charge >= 0.3 is 0 Å². The number of hydrogen-bond donors (Lipinski definition) is 1. The van der Waals surface area contributed by atoms with Crippen LogP contribution in [0.3, 0.4) is 0 Å². The molecular formula is C17H16N2O2S2. The smallest absolute Gasteiger partial charge is 0.265 e. The molecular weight excluding hydrogens is 328 g/mol. The Bertz CT molecular complexity index is 852. The Hall–Kier alpha value is -2.05. The maximum Gasteiger partial charge on any atom is 0.265 e. The molecule has 1 aromatic carbocycles. The molecule has 0 aliphatic carbocycles. The number of nitrogens with zero attached hydrogens (tertiary/aromatic N) is 2. The molecule has 4 nitrogen and oxygen atoms in total. The van der Waals surface area contributed by atoms with Gasteiger partial charge in [-0.15, -0.1) is 0 Å². The number of carbonyl (C=O) groups is 1. The number of hydrogen-bond acceptors (Lipinski definition) is 4. The second kappa shape index (κ2) is 5.86. The number of phenols is 1. The lowest BCUT2D eigenvalue weighted by Crippen LogP contribution is -2.22. The van der Waals surface area contributed by atoms with Gasteiger partial charge in [0.15, 0.2) is 0 Å². The Kier molecular flexibility index (Phi) is 4.04. The molecule has 118 valence electrons. The summed E-state index contributed by atoms with van der Waals surface area (Å²) < 4.78 is 2.63. The summed E-state index contributed by atoms with van der Waals surface area (Å²) in [7, 11) is 1.69. The van der Waals surface area contributed by atoms with Gasteiger partial charge in [0.25, 0.3) is 5.91 Å². The van der Waals surface area contributed by atoms with Crippen LogP contribution in [0.1, 0.15) is 17.0 Å². The summed E-state index contributed by atoms with van der Waals surface area (Å²) >= 11 is 6.48. The van der Waals surface area contributed by atoms with E-state index in [1.807, 2.05) is 38.1 Å². The van der Waals surface area contributed by atoms with Gasteiger partial charge in [-0.1, -0.05) is 30.0 Å². The standard InChI is InChI=1S/C17H16N2O2S2/c1-10-7-12(8-15-16(21)18(3)17(22)23-15)11(2)19(10)13-5-4-6-14(20)9-13/h4-9,20H,1-3H3/b15-8+. The number of rotatable bonds is 2. The van der Waals surface area contributed by atoms with E-state index >= 15 is 0 Å². The van der Waals surface area contributed by atoms with Crippen LogP contribution < -0.4 is 0 Å². The molecule has 0 radical (unpaired) electrons. The van der Waals surface area contributed by atoms with Gasteiger partial charge in [-0.25, -0.2) is 0 Å². The number of thioether (sulfide) groups is 1. The highest BCUT2D eigenvalue weighted by molar-refractivity contribution is 8.26. The van der Waals surface area contributed by atoms with Crippen LogP contribution in [-0.4, -0.2) is 31.8 Å². The fourth-order valence-electron chi connectivity index (χ4n) is 2.65. The molecule has 6 heteroatoms. The quantitative estimate of drug-likeness (QED) is 0.667. The summed E-state index contributed by atoms with van der Waals surface area (Å²) in [5.41, 5.74) is 3.91. The molecule has 0 bridgehead atoms. The Balaban J connectivity index is 2.06. The molecule has 23 heavy (non-hydrogen) atoms. The number of aryl methyl sites for hydroxylation is 1. The van der Waals surface area contributed by atoms with Crippen molar-refractivity contribution in [2.45, 2.75) is 13.8 Å². The average Bonchev–Trinajstić information content (AvgIpc) is 2.91. The fourth-order valence-corrected chi connectivity index (χ4v) is 3.82. The molecule has 1 saturated heterocycles. The fraction of sp³-hybridized carbons (Fsp3) is 0.176. The van der Waals surface area contributed by atoms with Gasteiger partial charge < -0.3 is 9.67 Å². The first kappa shape index (κ1) is 15.8. The number of thiocarbonyl (C=S) groups is 1. The third kappa shape index (κ3) is 2.80. The van der Waals surface area contributed by atoms with Crippen LogP contribution in [-0.2, 0) is 4.79 Å². The molecule has 0 unspecified atom stereocenters. The van der Waals surface area contributed by atoms with Crippen molar-refractivity contribution in [2.75, 3.05) is 7.05 Å². The highest BCUT2D eigenvalue weighted by Crippen LogP contribution is 2.33. The highest BCUT2D eigenvalue weighted by Gasteiger charge is 2.29. The van der Waals surface area contributed by atoms with E-state index in [0.29, 0.717) is 9.23 Å². The van der Waals surface area contributed by atoms with Crippen LogP contribution in [0.15, 0.2) is 35.2 Å². The normalized spacial score (nSPS) is 16.7. The zero-order valence-corrected chi connectivity index (χ0v) is 14.7. The lowest BCUT2D eigenvalue weighted by atomic mass is 10.2. The number of aromatic hydroxyl groups is 1. The summed E-state index contributed by atoms with van der Waals surface area (Å²) in [5, 5.41) is 9.69. The van der Waals surface area contributed by atoms with E-state index in [2.05, 4.69) is 4.57 Å². The van der Waals surface area contributed by atoms with Gasteiger partial charge in [-0.2, -0.15) is 0 Å².